The van der Waals surface area contributed by atoms with Gasteiger partial charge in [-0.1, -0.05) is 13.8 Å². The van der Waals surface area contributed by atoms with Crippen LogP contribution in [0.25, 0.3) is 0 Å². The summed E-state index contributed by atoms with van der Waals surface area (Å²) in [5.41, 5.74) is 0.299. The van der Waals surface area contributed by atoms with Gasteiger partial charge in [-0.25, -0.2) is 0 Å². The normalized spacial score (nSPS) is 24.6. The molecule has 16 heavy (non-hydrogen) atoms. The van der Waals surface area contributed by atoms with Crippen LogP contribution in [0.2, 0.25) is 0 Å². The van der Waals surface area contributed by atoms with E-state index in [-0.39, 0.29) is 0 Å². The third-order valence-corrected chi connectivity index (χ3v) is 3.26. The second-order valence-electron chi connectivity index (χ2n) is 6.00. The Bertz CT molecular complexity index is 204. The smallest absolute Gasteiger partial charge is 0.0589 e. The van der Waals surface area contributed by atoms with E-state index in [4.69, 9.17) is 4.74 Å². The van der Waals surface area contributed by atoms with Crippen molar-refractivity contribution < 1.29 is 4.74 Å². The van der Waals surface area contributed by atoms with Crippen LogP contribution < -0.4 is 5.32 Å². The lowest BCUT2D eigenvalue weighted by atomic mass is 10.00. The second kappa shape index (κ2) is 5.99. The molecule has 0 amide bonds. The minimum Gasteiger partial charge on any atom is -0.383 e. The summed E-state index contributed by atoms with van der Waals surface area (Å²) in [5, 5.41) is 3.59. The Labute approximate surface area is 101 Å². The number of nitrogens with zero attached hydrogens (tertiary/aromatic N) is 1. The predicted octanol–water partition coefficient (Wildman–Crippen LogP) is 1.73. The highest BCUT2D eigenvalue weighted by Crippen LogP contribution is 2.22. The molecule has 1 unspecified atom stereocenters. The third kappa shape index (κ3) is 4.40. The highest BCUT2D eigenvalue weighted by atomic mass is 16.5. The molecule has 96 valence electrons. The molecular weight excluding hydrogens is 200 g/mol. The van der Waals surface area contributed by atoms with Crippen molar-refractivity contribution >= 4 is 0 Å². The SMILES string of the molecule is COCCN(CC(C)C)C1CNC(C)(C)C1. The van der Waals surface area contributed by atoms with E-state index in [9.17, 15) is 0 Å². The fourth-order valence-electron chi connectivity index (χ4n) is 2.49. The van der Waals surface area contributed by atoms with Crippen molar-refractivity contribution in [3.05, 3.63) is 0 Å². The standard InChI is InChI=1S/C13H28N2O/c1-11(2)10-15(6-7-16-5)12-8-13(3,4)14-9-12/h11-12,14H,6-10H2,1-5H3. The van der Waals surface area contributed by atoms with Crippen molar-refractivity contribution in [2.75, 3.05) is 33.4 Å². The molecule has 0 saturated carbocycles. The molecule has 1 rings (SSSR count). The van der Waals surface area contributed by atoms with Gasteiger partial charge in [-0.15, -0.1) is 0 Å². The summed E-state index contributed by atoms with van der Waals surface area (Å²) in [6.07, 6.45) is 1.24. The van der Waals surface area contributed by atoms with Crippen LogP contribution in [-0.4, -0.2) is 49.8 Å². The van der Waals surface area contributed by atoms with E-state index < -0.39 is 0 Å². The van der Waals surface area contributed by atoms with Crippen molar-refractivity contribution in [3.8, 4) is 0 Å². The van der Waals surface area contributed by atoms with E-state index in [1.54, 1.807) is 7.11 Å². The number of hydrogen-bond donors (Lipinski definition) is 1. The molecule has 1 atom stereocenters. The van der Waals surface area contributed by atoms with Crippen molar-refractivity contribution in [2.24, 2.45) is 5.92 Å². The molecule has 3 nitrogen and oxygen atoms in total. The largest absolute Gasteiger partial charge is 0.383 e. The molecule has 1 saturated heterocycles. The van der Waals surface area contributed by atoms with Gasteiger partial charge in [-0.3, -0.25) is 4.90 Å². The first-order valence-electron chi connectivity index (χ1n) is 6.42. The summed E-state index contributed by atoms with van der Waals surface area (Å²) in [4.78, 5) is 2.58. The molecule has 0 aromatic heterocycles. The van der Waals surface area contributed by atoms with Crippen molar-refractivity contribution in [1.29, 1.82) is 0 Å². The molecule has 0 bridgehead atoms. The van der Waals surface area contributed by atoms with Gasteiger partial charge >= 0.3 is 0 Å². The van der Waals surface area contributed by atoms with Crippen molar-refractivity contribution in [3.63, 3.8) is 0 Å². The fourth-order valence-corrected chi connectivity index (χ4v) is 2.49. The Balaban J connectivity index is 2.48. The molecule has 1 heterocycles. The van der Waals surface area contributed by atoms with Crippen LogP contribution in [0.1, 0.15) is 34.1 Å². The number of methoxy groups -OCH3 is 1. The van der Waals surface area contributed by atoms with Gasteiger partial charge in [0, 0.05) is 38.3 Å². The first-order valence-corrected chi connectivity index (χ1v) is 6.42. The monoisotopic (exact) mass is 228 g/mol. The Morgan fingerprint density at radius 3 is 2.56 bits per heavy atom. The maximum atomic E-state index is 5.20. The molecular formula is C13H28N2O. The van der Waals surface area contributed by atoms with Gasteiger partial charge in [0.25, 0.3) is 0 Å². The number of ether oxygens (including phenoxy) is 1. The highest BCUT2D eigenvalue weighted by molar-refractivity contribution is 4.94. The highest BCUT2D eigenvalue weighted by Gasteiger charge is 2.33. The van der Waals surface area contributed by atoms with Crippen LogP contribution in [0.15, 0.2) is 0 Å². The molecule has 0 aromatic carbocycles. The first kappa shape index (κ1) is 13.9. The van der Waals surface area contributed by atoms with Crippen molar-refractivity contribution in [2.45, 2.75) is 45.7 Å². The molecule has 3 heteroatoms. The molecule has 1 fully saturated rings. The van der Waals surface area contributed by atoms with Gasteiger partial charge in [-0.05, 0) is 26.2 Å². The summed E-state index contributed by atoms with van der Waals surface area (Å²) in [6, 6.07) is 0.674. The summed E-state index contributed by atoms with van der Waals surface area (Å²) in [5.74, 6) is 0.723. The van der Waals surface area contributed by atoms with Gasteiger partial charge < -0.3 is 10.1 Å². The minimum atomic E-state index is 0.299. The first-order chi connectivity index (χ1) is 7.44. The topological polar surface area (TPSA) is 24.5 Å². The lowest BCUT2D eigenvalue weighted by molar-refractivity contribution is 0.113. The number of rotatable bonds is 6. The maximum Gasteiger partial charge on any atom is 0.0589 e. The molecule has 1 aliphatic heterocycles. The summed E-state index contributed by atoms with van der Waals surface area (Å²) in [7, 11) is 1.78. The van der Waals surface area contributed by atoms with Gasteiger partial charge in [0.2, 0.25) is 0 Å². The third-order valence-electron chi connectivity index (χ3n) is 3.26. The van der Waals surface area contributed by atoms with E-state index in [1.807, 2.05) is 0 Å². The molecule has 1 N–H and O–H groups in total. The molecule has 0 aromatic rings. The summed E-state index contributed by atoms with van der Waals surface area (Å²) >= 11 is 0. The molecule has 0 spiro atoms. The van der Waals surface area contributed by atoms with E-state index in [0.29, 0.717) is 11.6 Å². The van der Waals surface area contributed by atoms with Gasteiger partial charge in [0.15, 0.2) is 0 Å². The van der Waals surface area contributed by atoms with Crippen LogP contribution in [0.3, 0.4) is 0 Å². The zero-order valence-electron chi connectivity index (χ0n) is 11.5. The average molecular weight is 228 g/mol. The Hall–Kier alpha value is -0.120. The zero-order chi connectivity index (χ0) is 12.2. The Morgan fingerprint density at radius 1 is 1.44 bits per heavy atom. The van der Waals surface area contributed by atoms with Crippen LogP contribution in [0.5, 0.6) is 0 Å². The minimum absolute atomic E-state index is 0.299. The molecule has 0 radical (unpaired) electrons. The Kier molecular flexibility index (Phi) is 5.22. The van der Waals surface area contributed by atoms with E-state index in [0.717, 1.165) is 25.6 Å². The zero-order valence-corrected chi connectivity index (χ0v) is 11.5. The summed E-state index contributed by atoms with van der Waals surface area (Å²) in [6.45, 7) is 13.3. The average Bonchev–Trinajstić information content (AvgIpc) is 2.52. The second-order valence-corrected chi connectivity index (χ2v) is 6.00. The van der Waals surface area contributed by atoms with Gasteiger partial charge in [0.1, 0.15) is 0 Å². The maximum absolute atomic E-state index is 5.20. The predicted molar refractivity (Wildman–Crippen MR) is 68.8 cm³/mol. The van der Waals surface area contributed by atoms with Gasteiger partial charge in [0.05, 0.1) is 6.61 Å². The van der Waals surface area contributed by atoms with Gasteiger partial charge in [-0.2, -0.15) is 0 Å². The lowest BCUT2D eigenvalue weighted by Gasteiger charge is -2.30. The Morgan fingerprint density at radius 2 is 2.12 bits per heavy atom. The molecule has 0 aliphatic carbocycles. The van der Waals surface area contributed by atoms with Crippen LogP contribution >= 0.6 is 0 Å². The fraction of sp³-hybridized carbons (Fsp3) is 1.00. The van der Waals surface area contributed by atoms with E-state index in [1.165, 1.54) is 13.0 Å². The number of hydrogen-bond acceptors (Lipinski definition) is 3. The van der Waals surface area contributed by atoms with Crippen LogP contribution in [0, 0.1) is 5.92 Å². The lowest BCUT2D eigenvalue weighted by Crippen LogP contribution is -2.41. The van der Waals surface area contributed by atoms with E-state index >= 15 is 0 Å². The van der Waals surface area contributed by atoms with Crippen molar-refractivity contribution in [1.82, 2.24) is 10.2 Å². The molecule has 1 aliphatic rings. The van der Waals surface area contributed by atoms with Crippen LogP contribution in [0.4, 0.5) is 0 Å². The van der Waals surface area contributed by atoms with E-state index in [2.05, 4.69) is 37.9 Å². The van der Waals surface area contributed by atoms with Crippen LogP contribution in [-0.2, 0) is 4.74 Å². The quantitative estimate of drug-likeness (QED) is 0.749. The summed E-state index contributed by atoms with van der Waals surface area (Å²) < 4.78 is 5.20. The number of nitrogens with one attached hydrogen (secondary N) is 1.